The lowest BCUT2D eigenvalue weighted by atomic mass is 9.97. The van der Waals surface area contributed by atoms with Crippen LogP contribution in [0.3, 0.4) is 0 Å². The van der Waals surface area contributed by atoms with Crippen LogP contribution in [0.2, 0.25) is 0 Å². The minimum absolute atomic E-state index is 0. The van der Waals surface area contributed by atoms with Crippen molar-refractivity contribution < 1.29 is 43.5 Å². The van der Waals surface area contributed by atoms with Crippen molar-refractivity contribution in [3.8, 4) is 0 Å². The lowest BCUT2D eigenvalue weighted by Crippen LogP contribution is -2.63. The van der Waals surface area contributed by atoms with Gasteiger partial charge in [0, 0.05) is 69.3 Å². The molecule has 5 aliphatic rings. The Kier molecular flexibility index (Phi) is 32.0. The molecule has 0 spiro atoms. The average molecular weight is 949 g/mol. The molecule has 1 aromatic rings. The zero-order valence-corrected chi connectivity index (χ0v) is 38.6. The summed E-state index contributed by atoms with van der Waals surface area (Å²) in [6, 6.07) is 0.882. The first-order valence-corrected chi connectivity index (χ1v) is 21.0. The van der Waals surface area contributed by atoms with E-state index in [4.69, 9.17) is 24.1 Å². The maximum atomic E-state index is 12.2. The Balaban J connectivity index is -0.000000249. The van der Waals surface area contributed by atoms with Gasteiger partial charge >= 0.3 is 18.3 Å². The summed E-state index contributed by atoms with van der Waals surface area (Å²) in [6.45, 7) is 35.7. The molecular weight excluding hydrogens is 845 g/mol. The molecule has 6 unspecified atom stereocenters. The van der Waals surface area contributed by atoms with Gasteiger partial charge in [0.15, 0.2) is 0 Å². The number of aryl methyl sites for hydroxylation is 1. The minimum Gasteiger partial charge on any atom is -0.447 e. The van der Waals surface area contributed by atoms with Gasteiger partial charge in [-0.15, -0.1) is 0 Å². The number of nitrogens with one attached hydrogen (secondary N) is 1. The van der Waals surface area contributed by atoms with Crippen molar-refractivity contribution in [2.75, 3.05) is 59.1 Å². The molecule has 394 valence electrons. The second-order valence-electron chi connectivity index (χ2n) is 19.3. The van der Waals surface area contributed by atoms with E-state index in [0.717, 1.165) is 25.3 Å². The second kappa shape index (κ2) is 29.5. The molecule has 0 bridgehead atoms. The van der Waals surface area contributed by atoms with E-state index < -0.39 is 11.2 Å². The van der Waals surface area contributed by atoms with Gasteiger partial charge in [-0.3, -0.25) is 24.7 Å². The Bertz CT molecular complexity index is 1530. The van der Waals surface area contributed by atoms with Crippen LogP contribution in [0.25, 0.3) is 0 Å². The first kappa shape index (κ1) is 71.6. The summed E-state index contributed by atoms with van der Waals surface area (Å²) >= 11 is 0. The summed E-state index contributed by atoms with van der Waals surface area (Å²) in [5, 5.41) is 21.3. The summed E-state index contributed by atoms with van der Waals surface area (Å²) < 4.78 is 21.7. The molecule has 3 N–H and O–H groups in total. The van der Waals surface area contributed by atoms with Crippen LogP contribution in [-0.4, -0.2) is 181 Å². The van der Waals surface area contributed by atoms with Crippen molar-refractivity contribution in [1.29, 1.82) is 0 Å². The molecule has 17 nitrogen and oxygen atoms in total. The monoisotopic (exact) mass is 949 g/mol. The predicted octanol–water partition coefficient (Wildman–Crippen LogP) is 8.68. The topological polar surface area (TPSA) is 183 Å². The molecule has 17 heteroatoms. The molecular formula is C49H104N8O9. The number of carbonyl (C=O) groups excluding carboxylic acids is 3. The van der Waals surface area contributed by atoms with E-state index in [2.05, 4.69) is 73.6 Å². The smallest absolute Gasteiger partial charge is 0.410 e. The lowest BCUT2D eigenvalue weighted by Gasteiger charge is -2.47. The van der Waals surface area contributed by atoms with Crippen LogP contribution in [0.15, 0.2) is 12.4 Å². The number of piperazine rings is 3. The van der Waals surface area contributed by atoms with Crippen LogP contribution in [0, 0.1) is 6.92 Å². The zero-order valence-electron chi connectivity index (χ0n) is 38.6. The molecule has 0 aromatic carbocycles. The number of rotatable bonds is 2. The molecule has 6 heterocycles. The Morgan fingerprint density at radius 2 is 1.24 bits per heavy atom. The van der Waals surface area contributed by atoms with Crippen LogP contribution in [0.1, 0.15) is 160 Å². The second-order valence-corrected chi connectivity index (χ2v) is 19.3. The normalized spacial score (nSPS) is 24.2. The molecule has 1 aromatic heterocycles. The van der Waals surface area contributed by atoms with E-state index in [1.54, 1.807) is 22.2 Å². The number of cyclic esters (lactones) is 1. The lowest BCUT2D eigenvalue weighted by molar-refractivity contribution is -0.0735. The molecule has 0 aliphatic carbocycles. The van der Waals surface area contributed by atoms with E-state index >= 15 is 0 Å². The van der Waals surface area contributed by atoms with E-state index in [0.29, 0.717) is 44.6 Å². The predicted molar refractivity (Wildman–Crippen MR) is 272 cm³/mol. The molecule has 0 saturated carbocycles. The van der Waals surface area contributed by atoms with Crippen molar-refractivity contribution in [3.05, 3.63) is 23.8 Å². The van der Waals surface area contributed by atoms with Crippen molar-refractivity contribution in [2.24, 2.45) is 0 Å². The first-order valence-electron chi connectivity index (χ1n) is 21.0. The van der Waals surface area contributed by atoms with Gasteiger partial charge in [0.05, 0.1) is 55.4 Å². The highest BCUT2D eigenvalue weighted by molar-refractivity contribution is 5.73. The first-order chi connectivity index (χ1) is 27.2. The van der Waals surface area contributed by atoms with Crippen LogP contribution in [-0.2, 0) is 25.6 Å². The number of carbonyl (C=O) groups is 3. The number of ether oxygens (including phenoxy) is 4. The molecule has 6 rings (SSSR count). The fourth-order valence-corrected chi connectivity index (χ4v) is 7.89. The maximum Gasteiger partial charge on any atom is 0.410 e. The van der Waals surface area contributed by atoms with Gasteiger partial charge in [0.2, 0.25) is 0 Å². The van der Waals surface area contributed by atoms with Gasteiger partial charge in [0.25, 0.3) is 0 Å². The van der Waals surface area contributed by atoms with Crippen LogP contribution >= 0.6 is 0 Å². The summed E-state index contributed by atoms with van der Waals surface area (Å²) in [6.07, 6.45) is 2.35. The largest absolute Gasteiger partial charge is 0.447 e. The number of aliphatic hydroxyl groups excluding tert-OH is 2. The number of nitrogens with zero attached hydrogens (tertiary/aromatic N) is 7. The van der Waals surface area contributed by atoms with Gasteiger partial charge in [-0.2, -0.15) is 0 Å². The summed E-state index contributed by atoms with van der Waals surface area (Å²) in [7, 11) is 0. The van der Waals surface area contributed by atoms with Gasteiger partial charge in [-0.25, -0.2) is 14.4 Å². The van der Waals surface area contributed by atoms with Gasteiger partial charge in [0.1, 0.15) is 23.5 Å². The highest BCUT2D eigenvalue weighted by Crippen LogP contribution is 2.33. The van der Waals surface area contributed by atoms with E-state index in [-0.39, 0.29) is 125 Å². The van der Waals surface area contributed by atoms with Crippen LogP contribution < -0.4 is 5.32 Å². The van der Waals surface area contributed by atoms with Crippen molar-refractivity contribution in [3.63, 3.8) is 0 Å². The molecule has 5 saturated heterocycles. The molecule has 6 atom stereocenters. The Morgan fingerprint density at radius 3 is 1.67 bits per heavy atom. The Morgan fingerprint density at radius 1 is 0.758 bits per heavy atom. The molecule has 5 fully saturated rings. The minimum atomic E-state index is -0.504. The standard InChI is InChI=1S/C14H26N2O3.C12H20N2O4.C10H22N2O.C6H8N2O.7CH4/c1-10-11-9-18-14(5,6)16(11)8-7-15(10)12(17)19-13(2,3)4;1-8-9-7-17-10(15)14(9)6-5-13(8)11(16)18-12(2,3)4;1-8-9(7-13)12(6-5-11-8)10(2,3)4;1-5-6(4-9)8-3-2-7-5;;;;;;;/h10-11H,7-9H2,1-6H3;8-9H,5-7H2,1-4H3;8-9,11,13H,5-7H2,1-4H3;2-3,9H,4H2,1H3;7*1H4. The third kappa shape index (κ3) is 19.7. The quantitative estimate of drug-likeness (QED) is 0.240. The highest BCUT2D eigenvalue weighted by atomic mass is 16.6. The molecule has 0 radical (unpaired) electrons. The third-order valence-electron chi connectivity index (χ3n) is 11.2. The van der Waals surface area contributed by atoms with E-state index in [1.165, 1.54) is 0 Å². The van der Waals surface area contributed by atoms with Gasteiger partial charge < -0.3 is 44.3 Å². The summed E-state index contributed by atoms with van der Waals surface area (Å²) in [5.41, 5.74) is 0.426. The maximum absolute atomic E-state index is 12.2. The summed E-state index contributed by atoms with van der Waals surface area (Å²) in [4.78, 5) is 53.4. The number of amides is 3. The van der Waals surface area contributed by atoms with Crippen LogP contribution in [0.5, 0.6) is 0 Å². The number of aliphatic hydroxyl groups is 2. The van der Waals surface area contributed by atoms with Crippen LogP contribution in [0.4, 0.5) is 14.4 Å². The Hall–Kier alpha value is -3.35. The zero-order chi connectivity index (χ0) is 44.7. The van der Waals surface area contributed by atoms with Gasteiger partial charge in [-0.1, -0.05) is 52.0 Å². The number of fused-ring (bicyclic) bond motifs is 2. The SMILES string of the molecule is C.C.C.C.C.C.C.CC1C2COC(=O)N2CCN1C(=O)OC(C)(C)C.CC1C2COC(C)(C)N2CCN1C(=O)OC(C)(C)C.CC1NCCN(C(C)(C)C)C1CO.Cc1nccnc1CO. The van der Waals surface area contributed by atoms with Crippen molar-refractivity contribution in [1.82, 2.24) is 39.8 Å². The fourth-order valence-electron chi connectivity index (χ4n) is 7.89. The van der Waals surface area contributed by atoms with Gasteiger partial charge in [-0.05, 0) is 104 Å². The summed E-state index contributed by atoms with van der Waals surface area (Å²) in [5.74, 6) is 0. The molecule has 3 amide bonds. The number of hydrogen-bond donors (Lipinski definition) is 3. The Labute approximate surface area is 404 Å². The average Bonchev–Trinajstić information content (AvgIpc) is 3.66. The third-order valence-corrected chi connectivity index (χ3v) is 11.2. The van der Waals surface area contributed by atoms with E-state index in [9.17, 15) is 19.5 Å². The van der Waals surface area contributed by atoms with Crippen molar-refractivity contribution in [2.45, 2.75) is 221 Å². The van der Waals surface area contributed by atoms with Crippen molar-refractivity contribution >= 4 is 18.3 Å². The number of aromatic nitrogens is 2. The number of hydrogen-bond acceptors (Lipinski definition) is 14. The fraction of sp³-hybridized carbons (Fsp3) is 0.857. The molecule has 66 heavy (non-hydrogen) atoms. The van der Waals surface area contributed by atoms with E-state index in [1.807, 2.05) is 60.3 Å². The highest BCUT2D eigenvalue weighted by Gasteiger charge is 2.49. The molecule has 5 aliphatic heterocycles.